The quantitative estimate of drug-likeness (QED) is 0.754. The van der Waals surface area contributed by atoms with Crippen molar-refractivity contribution in [3.05, 3.63) is 70.8 Å². The second-order valence-corrected chi connectivity index (χ2v) is 10.4. The Kier molecular flexibility index (Phi) is 7.09. The highest BCUT2D eigenvalue weighted by Gasteiger charge is 2.15. The first-order valence-electron chi connectivity index (χ1n) is 10.1. The summed E-state index contributed by atoms with van der Waals surface area (Å²) in [4.78, 5) is 14.8. The van der Waals surface area contributed by atoms with Gasteiger partial charge in [-0.15, -0.1) is 0 Å². The Labute approximate surface area is 174 Å². The number of carbonyl (C=O) groups excluding carboxylic acids is 1. The highest BCUT2D eigenvalue weighted by atomic mass is 32.2. The molecule has 0 radical (unpaired) electrons. The summed E-state index contributed by atoms with van der Waals surface area (Å²) in [5, 5.41) is 2.92. The van der Waals surface area contributed by atoms with E-state index < -0.39 is 9.84 Å². The predicted molar refractivity (Wildman–Crippen MR) is 116 cm³/mol. The molecule has 29 heavy (non-hydrogen) atoms. The number of amides is 1. The molecule has 0 unspecified atom stereocenters. The Balaban J connectivity index is 1.48. The first-order valence-corrected chi connectivity index (χ1v) is 12.2. The fraction of sp³-hybridized carbons (Fsp3) is 0.435. The molecule has 156 valence electrons. The summed E-state index contributed by atoms with van der Waals surface area (Å²) in [6, 6.07) is 15.1. The van der Waals surface area contributed by atoms with Crippen molar-refractivity contribution in [1.29, 1.82) is 0 Å². The summed E-state index contributed by atoms with van der Waals surface area (Å²) in [5.74, 6) is 0.660. The highest BCUT2D eigenvalue weighted by molar-refractivity contribution is 7.89. The number of rotatable bonds is 7. The van der Waals surface area contributed by atoms with Crippen molar-refractivity contribution in [2.24, 2.45) is 5.92 Å². The fourth-order valence-corrected chi connectivity index (χ4v) is 4.38. The zero-order valence-corrected chi connectivity index (χ0v) is 18.0. The summed E-state index contributed by atoms with van der Waals surface area (Å²) in [5.41, 5.74) is 3.57. The lowest BCUT2D eigenvalue weighted by Gasteiger charge is -2.30. The molecule has 1 aliphatic rings. The Hall–Kier alpha value is -2.18. The van der Waals surface area contributed by atoms with Crippen LogP contribution in [0.2, 0.25) is 0 Å². The van der Waals surface area contributed by atoms with Crippen LogP contribution < -0.4 is 5.32 Å². The molecule has 1 fully saturated rings. The first-order chi connectivity index (χ1) is 13.8. The van der Waals surface area contributed by atoms with Crippen molar-refractivity contribution < 1.29 is 13.2 Å². The van der Waals surface area contributed by atoms with Crippen molar-refractivity contribution in [3.8, 4) is 0 Å². The van der Waals surface area contributed by atoms with Gasteiger partial charge in [-0.3, -0.25) is 9.69 Å². The van der Waals surface area contributed by atoms with Crippen molar-refractivity contribution in [2.45, 2.75) is 38.6 Å². The number of carbonyl (C=O) groups is 1. The van der Waals surface area contributed by atoms with Gasteiger partial charge in [-0.1, -0.05) is 43.3 Å². The van der Waals surface area contributed by atoms with Crippen molar-refractivity contribution >= 4 is 15.7 Å². The van der Waals surface area contributed by atoms with Crippen LogP contribution in [0.25, 0.3) is 0 Å². The second kappa shape index (κ2) is 9.55. The lowest BCUT2D eigenvalue weighted by Crippen LogP contribution is -2.32. The number of benzene rings is 2. The Morgan fingerprint density at radius 3 is 2.10 bits per heavy atom. The molecular weight excluding hydrogens is 384 g/mol. The maximum atomic E-state index is 12.3. The zero-order valence-electron chi connectivity index (χ0n) is 17.2. The molecule has 1 aliphatic heterocycles. The monoisotopic (exact) mass is 414 g/mol. The predicted octanol–water partition coefficient (Wildman–Crippen LogP) is 3.39. The van der Waals surface area contributed by atoms with Crippen LogP contribution in [-0.4, -0.2) is 38.6 Å². The number of nitrogens with one attached hydrogen (secondary N) is 1. The third-order valence-electron chi connectivity index (χ3n) is 5.40. The number of hydrogen-bond acceptors (Lipinski definition) is 4. The summed E-state index contributed by atoms with van der Waals surface area (Å²) >= 11 is 0. The van der Waals surface area contributed by atoms with Gasteiger partial charge in [-0.25, -0.2) is 8.42 Å². The minimum absolute atomic E-state index is 0.0162. The van der Waals surface area contributed by atoms with E-state index in [1.807, 2.05) is 0 Å². The number of likely N-dealkylation sites (tertiary alicyclic amines) is 1. The molecule has 1 saturated heterocycles. The highest BCUT2D eigenvalue weighted by Crippen LogP contribution is 2.18. The molecule has 5 nitrogen and oxygen atoms in total. The summed E-state index contributed by atoms with van der Waals surface area (Å²) in [6.45, 7) is 6.11. The largest absolute Gasteiger partial charge is 0.348 e. The maximum absolute atomic E-state index is 12.3. The smallest absolute Gasteiger partial charge is 0.251 e. The van der Waals surface area contributed by atoms with Crippen LogP contribution in [0.5, 0.6) is 0 Å². The van der Waals surface area contributed by atoms with E-state index in [1.54, 1.807) is 24.3 Å². The zero-order chi connectivity index (χ0) is 20.9. The molecule has 0 bridgehead atoms. The minimum Gasteiger partial charge on any atom is -0.348 e. The minimum atomic E-state index is -3.08. The normalized spacial score (nSPS) is 15.9. The molecule has 0 aliphatic carbocycles. The van der Waals surface area contributed by atoms with Crippen LogP contribution in [0.1, 0.15) is 46.8 Å². The molecule has 1 N–H and O–H groups in total. The molecule has 1 heterocycles. The van der Waals surface area contributed by atoms with Crippen LogP contribution in [0.15, 0.2) is 48.5 Å². The van der Waals surface area contributed by atoms with Crippen LogP contribution >= 0.6 is 0 Å². The topological polar surface area (TPSA) is 66.5 Å². The summed E-state index contributed by atoms with van der Waals surface area (Å²) in [7, 11) is -3.08. The van der Waals surface area contributed by atoms with Gasteiger partial charge in [0.2, 0.25) is 0 Å². The first kappa shape index (κ1) is 21.5. The van der Waals surface area contributed by atoms with E-state index in [4.69, 9.17) is 0 Å². The van der Waals surface area contributed by atoms with Gasteiger partial charge in [0, 0.05) is 24.9 Å². The van der Waals surface area contributed by atoms with E-state index >= 15 is 0 Å². The van der Waals surface area contributed by atoms with E-state index in [2.05, 4.69) is 41.4 Å². The van der Waals surface area contributed by atoms with Gasteiger partial charge in [0.15, 0.2) is 9.84 Å². The van der Waals surface area contributed by atoms with Crippen LogP contribution in [0.3, 0.4) is 0 Å². The van der Waals surface area contributed by atoms with Gasteiger partial charge in [-0.2, -0.15) is 0 Å². The Morgan fingerprint density at radius 1 is 0.966 bits per heavy atom. The van der Waals surface area contributed by atoms with Gasteiger partial charge in [0.05, 0.1) is 5.75 Å². The number of sulfone groups is 1. The molecule has 2 aromatic carbocycles. The van der Waals surface area contributed by atoms with Gasteiger partial charge in [0.25, 0.3) is 5.91 Å². The Morgan fingerprint density at radius 2 is 1.52 bits per heavy atom. The van der Waals surface area contributed by atoms with Crippen LogP contribution in [0.4, 0.5) is 0 Å². The lowest BCUT2D eigenvalue weighted by molar-refractivity contribution is 0.0951. The van der Waals surface area contributed by atoms with E-state index in [-0.39, 0.29) is 11.7 Å². The molecule has 0 atom stereocenters. The average molecular weight is 415 g/mol. The lowest BCUT2D eigenvalue weighted by atomic mass is 9.99. The Bertz CT molecular complexity index is 914. The van der Waals surface area contributed by atoms with Gasteiger partial charge < -0.3 is 5.32 Å². The average Bonchev–Trinajstić information content (AvgIpc) is 2.68. The molecule has 0 spiro atoms. The molecule has 0 saturated carbocycles. The van der Waals surface area contributed by atoms with E-state index in [9.17, 15) is 13.2 Å². The van der Waals surface area contributed by atoms with E-state index in [0.29, 0.717) is 17.7 Å². The van der Waals surface area contributed by atoms with Crippen molar-refractivity contribution in [3.63, 3.8) is 0 Å². The van der Waals surface area contributed by atoms with E-state index in [0.717, 1.165) is 18.0 Å². The maximum Gasteiger partial charge on any atom is 0.251 e. The van der Waals surface area contributed by atoms with E-state index in [1.165, 1.54) is 37.8 Å². The molecule has 2 aromatic rings. The van der Waals surface area contributed by atoms with Crippen molar-refractivity contribution in [2.75, 3.05) is 19.3 Å². The SMILES string of the molecule is CC1CCN(Cc2ccc(CNC(=O)c3ccc(CS(C)(=O)=O)cc3)cc2)CC1. The third kappa shape index (κ3) is 6.98. The number of piperidine rings is 1. The third-order valence-corrected chi connectivity index (χ3v) is 6.26. The van der Waals surface area contributed by atoms with Crippen LogP contribution in [0, 0.1) is 5.92 Å². The van der Waals surface area contributed by atoms with Crippen molar-refractivity contribution in [1.82, 2.24) is 10.2 Å². The summed E-state index contributed by atoms with van der Waals surface area (Å²) < 4.78 is 22.7. The standard InChI is InChI=1S/C23H30N2O3S/c1-18-11-13-25(14-12-18)16-20-5-3-19(4-6-20)15-24-23(26)22-9-7-21(8-10-22)17-29(2,27)28/h3-10,18H,11-17H2,1-2H3,(H,24,26). The molecule has 6 heteroatoms. The van der Waals surface area contributed by atoms with Crippen LogP contribution in [-0.2, 0) is 28.7 Å². The second-order valence-electron chi connectivity index (χ2n) is 8.22. The molecule has 1 amide bonds. The molecule has 3 rings (SSSR count). The molecular formula is C23H30N2O3S. The van der Waals surface area contributed by atoms with Gasteiger partial charge >= 0.3 is 0 Å². The fourth-order valence-electron chi connectivity index (χ4n) is 3.58. The number of nitrogens with zero attached hydrogens (tertiary/aromatic N) is 1. The molecule has 0 aromatic heterocycles. The van der Waals surface area contributed by atoms with Gasteiger partial charge in [-0.05, 0) is 60.7 Å². The summed E-state index contributed by atoms with van der Waals surface area (Å²) in [6.07, 6.45) is 3.75. The van der Waals surface area contributed by atoms with Gasteiger partial charge in [0.1, 0.15) is 0 Å². The number of hydrogen-bond donors (Lipinski definition) is 1.